The molecule has 0 saturated heterocycles. The van der Waals surface area contributed by atoms with Gasteiger partial charge in [0.25, 0.3) is 6.48 Å². The Hall–Kier alpha value is -0.823. The molecule has 1 aromatic rings. The summed E-state index contributed by atoms with van der Waals surface area (Å²) in [5.74, 6) is -1.18. The standard InChI is InChI=1S/C9H12F2O3Si/c10-7-2-1-6(8(11)5-7)3-4-15-14-9(12)13/h1-2,5,9,12-13H,3-4,15H2. The number of halogens is 2. The molecule has 0 radical (unpaired) electrons. The van der Waals surface area contributed by atoms with Gasteiger partial charge in [-0.1, -0.05) is 6.07 Å². The summed E-state index contributed by atoms with van der Waals surface area (Å²) in [6, 6.07) is 3.98. The highest BCUT2D eigenvalue weighted by Gasteiger charge is 2.04. The molecule has 0 aliphatic rings. The number of aryl methyl sites for hydroxylation is 1. The second-order valence-electron chi connectivity index (χ2n) is 3.04. The third-order valence-electron chi connectivity index (χ3n) is 1.87. The zero-order valence-corrected chi connectivity index (χ0v) is 9.40. The number of hydrogen-bond acceptors (Lipinski definition) is 3. The van der Waals surface area contributed by atoms with Gasteiger partial charge in [-0.05, 0) is 24.1 Å². The van der Waals surface area contributed by atoms with Crippen LogP contribution in [-0.4, -0.2) is 26.5 Å². The van der Waals surface area contributed by atoms with Gasteiger partial charge in [0.2, 0.25) is 0 Å². The van der Waals surface area contributed by atoms with Crippen LogP contribution in [0.2, 0.25) is 6.04 Å². The SMILES string of the molecule is OC(O)O[SiH2]CCc1ccc(F)cc1F. The monoisotopic (exact) mass is 234 g/mol. The molecule has 0 heterocycles. The largest absolute Gasteiger partial charge is 0.379 e. The second-order valence-corrected chi connectivity index (χ2v) is 4.49. The molecule has 0 amide bonds. The van der Waals surface area contributed by atoms with Gasteiger partial charge in [-0.25, -0.2) is 8.78 Å². The molecule has 0 unspecified atom stereocenters. The Balaban J connectivity index is 2.37. The summed E-state index contributed by atoms with van der Waals surface area (Å²) in [5, 5.41) is 16.8. The number of aliphatic hydroxyl groups excluding tert-OH is 1. The Kier molecular flexibility index (Phi) is 4.83. The Labute approximate surface area is 88.3 Å². The fourth-order valence-corrected chi connectivity index (χ4v) is 2.08. The van der Waals surface area contributed by atoms with Crippen LogP contribution in [-0.2, 0) is 10.8 Å². The first kappa shape index (κ1) is 12.2. The van der Waals surface area contributed by atoms with Crippen molar-refractivity contribution in [3.63, 3.8) is 0 Å². The molecule has 0 aliphatic heterocycles. The molecule has 0 spiro atoms. The third kappa shape index (κ3) is 4.48. The maximum atomic E-state index is 13.1. The molecule has 1 aromatic carbocycles. The van der Waals surface area contributed by atoms with Crippen LogP contribution in [0.15, 0.2) is 18.2 Å². The predicted octanol–water partition coefficient (Wildman–Crippen LogP) is 0.294. The van der Waals surface area contributed by atoms with Crippen LogP contribution in [0, 0.1) is 11.6 Å². The maximum Gasteiger partial charge on any atom is 0.256 e. The Morgan fingerprint density at radius 2 is 2.07 bits per heavy atom. The van der Waals surface area contributed by atoms with Gasteiger partial charge in [-0.15, -0.1) is 0 Å². The Bertz CT molecular complexity index is 320. The minimum atomic E-state index is -1.74. The molecule has 0 aromatic heterocycles. The summed E-state index contributed by atoms with van der Waals surface area (Å²) in [6.07, 6.45) is 0.422. The molecular weight excluding hydrogens is 222 g/mol. The highest BCUT2D eigenvalue weighted by atomic mass is 28.2. The molecule has 2 N–H and O–H groups in total. The van der Waals surface area contributed by atoms with E-state index in [0.717, 1.165) is 6.07 Å². The highest BCUT2D eigenvalue weighted by molar-refractivity contribution is 6.27. The van der Waals surface area contributed by atoms with Crippen molar-refractivity contribution >= 4 is 9.76 Å². The summed E-state index contributed by atoms with van der Waals surface area (Å²) in [6.45, 7) is -1.74. The Morgan fingerprint density at radius 3 is 2.67 bits per heavy atom. The molecule has 3 nitrogen and oxygen atoms in total. The molecule has 0 atom stereocenters. The smallest absolute Gasteiger partial charge is 0.256 e. The molecule has 6 heteroatoms. The van der Waals surface area contributed by atoms with E-state index in [9.17, 15) is 8.78 Å². The van der Waals surface area contributed by atoms with Gasteiger partial charge in [0.15, 0.2) is 9.76 Å². The maximum absolute atomic E-state index is 13.1. The fraction of sp³-hybridized carbons (Fsp3) is 0.333. The average Bonchev–Trinajstić information content (AvgIpc) is 2.14. The first-order valence-electron chi connectivity index (χ1n) is 4.51. The van der Waals surface area contributed by atoms with E-state index in [4.69, 9.17) is 10.2 Å². The molecule has 0 fully saturated rings. The molecule has 0 aliphatic carbocycles. The van der Waals surface area contributed by atoms with E-state index >= 15 is 0 Å². The van der Waals surface area contributed by atoms with Gasteiger partial charge < -0.3 is 14.6 Å². The normalized spacial score (nSPS) is 11.8. The van der Waals surface area contributed by atoms with Gasteiger partial charge >= 0.3 is 0 Å². The summed E-state index contributed by atoms with van der Waals surface area (Å²) < 4.78 is 30.2. The zero-order chi connectivity index (χ0) is 11.3. The minimum absolute atomic E-state index is 0.417. The van der Waals surface area contributed by atoms with E-state index in [1.54, 1.807) is 0 Å². The molecule has 1 rings (SSSR count). The van der Waals surface area contributed by atoms with Gasteiger partial charge in [-0.3, -0.25) is 0 Å². The van der Waals surface area contributed by atoms with E-state index in [-0.39, 0.29) is 0 Å². The number of aliphatic hydroxyl groups is 2. The quantitative estimate of drug-likeness (QED) is 0.437. The van der Waals surface area contributed by atoms with Crippen LogP contribution < -0.4 is 0 Å². The topological polar surface area (TPSA) is 49.7 Å². The number of rotatable bonds is 5. The van der Waals surface area contributed by atoms with Crippen molar-refractivity contribution in [1.29, 1.82) is 0 Å². The van der Waals surface area contributed by atoms with E-state index in [2.05, 4.69) is 4.43 Å². The lowest BCUT2D eigenvalue weighted by atomic mass is 10.1. The van der Waals surface area contributed by atoms with E-state index < -0.39 is 27.9 Å². The van der Waals surface area contributed by atoms with Crippen LogP contribution in [0.4, 0.5) is 8.78 Å². The first-order chi connectivity index (χ1) is 7.09. The molecular formula is C9H12F2O3Si. The predicted molar refractivity (Wildman–Crippen MR) is 52.7 cm³/mol. The van der Waals surface area contributed by atoms with Crippen molar-refractivity contribution in [3.8, 4) is 0 Å². The third-order valence-corrected chi connectivity index (χ3v) is 3.05. The zero-order valence-electron chi connectivity index (χ0n) is 7.99. The van der Waals surface area contributed by atoms with Crippen LogP contribution >= 0.6 is 0 Å². The first-order valence-corrected chi connectivity index (χ1v) is 6.09. The number of hydrogen-bond donors (Lipinski definition) is 2. The molecule has 15 heavy (non-hydrogen) atoms. The highest BCUT2D eigenvalue weighted by Crippen LogP contribution is 2.11. The van der Waals surface area contributed by atoms with Gasteiger partial charge in [-0.2, -0.15) is 0 Å². The van der Waals surface area contributed by atoms with Crippen LogP contribution in [0.1, 0.15) is 5.56 Å². The summed E-state index contributed by atoms with van der Waals surface area (Å²) in [4.78, 5) is 0. The van der Waals surface area contributed by atoms with Crippen LogP contribution in [0.3, 0.4) is 0 Å². The molecule has 0 saturated carbocycles. The summed E-state index contributed by atoms with van der Waals surface area (Å²) >= 11 is 0. The number of benzene rings is 1. The fourth-order valence-electron chi connectivity index (χ4n) is 1.18. The lowest BCUT2D eigenvalue weighted by Crippen LogP contribution is -2.13. The summed E-state index contributed by atoms with van der Waals surface area (Å²) in [5.41, 5.74) is 0.417. The lowest BCUT2D eigenvalue weighted by Gasteiger charge is -2.05. The van der Waals surface area contributed by atoms with Crippen LogP contribution in [0.5, 0.6) is 0 Å². The van der Waals surface area contributed by atoms with Gasteiger partial charge in [0, 0.05) is 6.07 Å². The molecule has 84 valence electrons. The van der Waals surface area contributed by atoms with E-state index in [1.807, 2.05) is 0 Å². The van der Waals surface area contributed by atoms with Crippen molar-refractivity contribution in [3.05, 3.63) is 35.4 Å². The van der Waals surface area contributed by atoms with Crippen molar-refractivity contribution in [1.82, 2.24) is 0 Å². The molecule has 0 bridgehead atoms. The van der Waals surface area contributed by atoms with Crippen molar-refractivity contribution in [2.24, 2.45) is 0 Å². The minimum Gasteiger partial charge on any atom is -0.379 e. The lowest BCUT2D eigenvalue weighted by molar-refractivity contribution is -0.180. The van der Waals surface area contributed by atoms with E-state index in [0.29, 0.717) is 18.0 Å². The Morgan fingerprint density at radius 1 is 1.33 bits per heavy atom. The summed E-state index contributed by atoms with van der Waals surface area (Å²) in [7, 11) is -1.07. The van der Waals surface area contributed by atoms with Crippen molar-refractivity contribution < 1.29 is 23.4 Å². The van der Waals surface area contributed by atoms with Gasteiger partial charge in [0.1, 0.15) is 11.6 Å². The van der Waals surface area contributed by atoms with Crippen molar-refractivity contribution in [2.45, 2.75) is 18.9 Å². The van der Waals surface area contributed by atoms with Crippen molar-refractivity contribution in [2.75, 3.05) is 0 Å². The van der Waals surface area contributed by atoms with Gasteiger partial charge in [0.05, 0.1) is 0 Å². The average molecular weight is 234 g/mol. The van der Waals surface area contributed by atoms with Crippen LogP contribution in [0.25, 0.3) is 0 Å². The second kappa shape index (κ2) is 5.91. The van der Waals surface area contributed by atoms with E-state index in [1.165, 1.54) is 12.1 Å².